The molecule has 0 saturated carbocycles. The molecule has 7 nitrogen and oxygen atoms in total. The zero-order valence-electron chi connectivity index (χ0n) is 13.0. The van der Waals surface area contributed by atoms with Gasteiger partial charge in [-0.05, 0) is 5.56 Å². The van der Waals surface area contributed by atoms with Crippen LogP contribution in [0.2, 0.25) is 0 Å². The van der Waals surface area contributed by atoms with Crippen molar-refractivity contribution in [2.75, 3.05) is 5.73 Å². The van der Waals surface area contributed by atoms with E-state index in [9.17, 15) is 28.1 Å². The van der Waals surface area contributed by atoms with Crippen LogP contribution >= 0.6 is 0 Å². The Balaban J connectivity index is 2.26. The average molecular weight is 364 g/mol. The van der Waals surface area contributed by atoms with E-state index < -0.39 is 33.8 Å². The molecule has 0 amide bonds. The molecular weight excluding hydrogens is 353 g/mol. The fraction of sp³-hybridized carbons (Fsp3) is 0.125. The first-order valence-electron chi connectivity index (χ1n) is 7.27. The van der Waals surface area contributed by atoms with Gasteiger partial charge >= 0.3 is 11.9 Å². The van der Waals surface area contributed by atoms with Crippen molar-refractivity contribution in [2.24, 2.45) is 0 Å². The van der Waals surface area contributed by atoms with Gasteiger partial charge in [0.15, 0.2) is 0 Å². The van der Waals surface area contributed by atoms with Crippen molar-refractivity contribution >= 4 is 28.2 Å². The lowest BCUT2D eigenvalue weighted by atomic mass is 10.1. The molecule has 0 fully saturated rings. The molecule has 10 heteroatoms. The molecule has 0 aliphatic carbocycles. The molecular formula is C16H11F3N4O3. The summed E-state index contributed by atoms with van der Waals surface area (Å²) >= 11 is 0. The van der Waals surface area contributed by atoms with E-state index in [1.54, 1.807) is 30.3 Å². The standard InChI is InChI=1S/C16H11F3N4O3/c17-16(18,19)14(24)10-8-22(7-9-4-2-1-3-5-9)15-12(10)13(20)11(6-21-15)23(25)26/h1-6,8H,7H2,(H2,20,21). The highest BCUT2D eigenvalue weighted by atomic mass is 19.4. The van der Waals surface area contributed by atoms with Crippen LogP contribution in [0.4, 0.5) is 24.5 Å². The minimum Gasteiger partial charge on any atom is -0.392 e. The van der Waals surface area contributed by atoms with Crippen LogP contribution in [0.3, 0.4) is 0 Å². The van der Waals surface area contributed by atoms with Crippen LogP contribution in [-0.4, -0.2) is 26.4 Å². The number of carbonyl (C=O) groups is 1. The second-order valence-corrected chi connectivity index (χ2v) is 5.50. The number of aromatic nitrogens is 2. The number of anilines is 1. The third-order valence-electron chi connectivity index (χ3n) is 3.80. The van der Waals surface area contributed by atoms with Gasteiger partial charge in [-0.1, -0.05) is 30.3 Å². The number of rotatable bonds is 4. The zero-order chi connectivity index (χ0) is 19.1. The van der Waals surface area contributed by atoms with Crippen LogP contribution in [0, 0.1) is 10.1 Å². The van der Waals surface area contributed by atoms with Gasteiger partial charge in [0.1, 0.15) is 17.5 Å². The molecule has 0 bridgehead atoms. The molecule has 134 valence electrons. The fourth-order valence-corrected chi connectivity index (χ4v) is 2.64. The quantitative estimate of drug-likeness (QED) is 0.434. The number of nitrogen functional groups attached to an aromatic ring is 1. The van der Waals surface area contributed by atoms with E-state index in [-0.39, 0.29) is 17.6 Å². The normalized spacial score (nSPS) is 11.7. The minimum absolute atomic E-state index is 0.0375. The van der Waals surface area contributed by atoms with E-state index in [0.29, 0.717) is 0 Å². The van der Waals surface area contributed by atoms with Crippen molar-refractivity contribution in [3.63, 3.8) is 0 Å². The number of ketones is 1. The number of Topliss-reactive ketones (excluding diaryl/α,β-unsaturated/α-hetero) is 1. The average Bonchev–Trinajstić information content (AvgIpc) is 2.93. The van der Waals surface area contributed by atoms with E-state index in [1.807, 2.05) is 0 Å². The second kappa shape index (κ2) is 6.14. The van der Waals surface area contributed by atoms with Gasteiger partial charge in [-0.2, -0.15) is 13.2 Å². The van der Waals surface area contributed by atoms with Crippen LogP contribution in [-0.2, 0) is 6.54 Å². The lowest BCUT2D eigenvalue weighted by Gasteiger charge is -2.05. The van der Waals surface area contributed by atoms with Gasteiger partial charge < -0.3 is 10.3 Å². The Kier molecular flexibility index (Phi) is 4.10. The number of carbonyl (C=O) groups excluding carboxylic acids is 1. The van der Waals surface area contributed by atoms with Gasteiger partial charge in [-0.25, -0.2) is 4.98 Å². The first kappa shape index (κ1) is 17.4. The number of benzene rings is 1. The van der Waals surface area contributed by atoms with E-state index in [2.05, 4.69) is 4.98 Å². The molecule has 0 saturated heterocycles. The highest BCUT2D eigenvalue weighted by Gasteiger charge is 2.42. The summed E-state index contributed by atoms with van der Waals surface area (Å²) in [7, 11) is 0. The highest BCUT2D eigenvalue weighted by Crippen LogP contribution is 2.35. The summed E-state index contributed by atoms with van der Waals surface area (Å²) in [4.78, 5) is 25.8. The monoisotopic (exact) mass is 364 g/mol. The SMILES string of the molecule is Nc1c([N+](=O)[O-])cnc2c1c(C(=O)C(F)(F)F)cn2Cc1ccccc1. The molecule has 26 heavy (non-hydrogen) atoms. The lowest BCUT2D eigenvalue weighted by molar-refractivity contribution is -0.384. The molecule has 2 aromatic heterocycles. The Morgan fingerprint density at radius 3 is 2.50 bits per heavy atom. The Hall–Kier alpha value is -3.43. The Labute approximate surface area is 144 Å². The highest BCUT2D eigenvalue weighted by molar-refractivity contribution is 6.14. The van der Waals surface area contributed by atoms with E-state index in [1.165, 1.54) is 4.57 Å². The molecule has 0 radical (unpaired) electrons. The lowest BCUT2D eigenvalue weighted by Crippen LogP contribution is -2.22. The summed E-state index contributed by atoms with van der Waals surface area (Å²) in [6, 6.07) is 8.75. The summed E-state index contributed by atoms with van der Waals surface area (Å²) in [6.07, 6.45) is -3.31. The Morgan fingerprint density at radius 1 is 1.27 bits per heavy atom. The largest absolute Gasteiger partial charge is 0.454 e. The van der Waals surface area contributed by atoms with Gasteiger partial charge in [0.05, 0.1) is 15.9 Å². The van der Waals surface area contributed by atoms with Crippen LogP contribution in [0.5, 0.6) is 0 Å². The van der Waals surface area contributed by atoms with Gasteiger partial charge in [-0.3, -0.25) is 14.9 Å². The number of nitro groups is 1. The van der Waals surface area contributed by atoms with Crippen molar-refractivity contribution in [1.29, 1.82) is 0 Å². The van der Waals surface area contributed by atoms with Crippen LogP contribution < -0.4 is 5.73 Å². The van der Waals surface area contributed by atoms with Crippen molar-refractivity contribution < 1.29 is 22.9 Å². The number of nitrogens with zero attached hydrogens (tertiary/aromatic N) is 3. The topological polar surface area (TPSA) is 104 Å². The third-order valence-corrected chi connectivity index (χ3v) is 3.80. The Bertz CT molecular complexity index is 1010. The number of fused-ring (bicyclic) bond motifs is 1. The maximum absolute atomic E-state index is 12.9. The van der Waals surface area contributed by atoms with E-state index in [0.717, 1.165) is 18.0 Å². The maximum atomic E-state index is 12.9. The number of alkyl halides is 3. The summed E-state index contributed by atoms with van der Waals surface area (Å²) in [6.45, 7) is 0.118. The molecule has 0 unspecified atom stereocenters. The fourth-order valence-electron chi connectivity index (χ4n) is 2.64. The smallest absolute Gasteiger partial charge is 0.392 e. The predicted octanol–water partition coefficient (Wildman–Crippen LogP) is 3.32. The second-order valence-electron chi connectivity index (χ2n) is 5.50. The molecule has 2 heterocycles. The molecule has 1 aromatic carbocycles. The maximum Gasteiger partial charge on any atom is 0.454 e. The summed E-state index contributed by atoms with van der Waals surface area (Å²) in [5.74, 6) is -2.14. The van der Waals surface area contributed by atoms with Gasteiger partial charge in [0.25, 0.3) is 5.78 Å². The molecule has 0 spiro atoms. The number of hydrogen-bond acceptors (Lipinski definition) is 5. The summed E-state index contributed by atoms with van der Waals surface area (Å²) < 4.78 is 40.1. The van der Waals surface area contributed by atoms with E-state index >= 15 is 0 Å². The third kappa shape index (κ3) is 2.96. The van der Waals surface area contributed by atoms with Crippen molar-refractivity contribution in [2.45, 2.75) is 12.7 Å². The predicted molar refractivity (Wildman–Crippen MR) is 86.7 cm³/mol. The number of nitrogens with two attached hydrogens (primary N) is 1. The molecule has 0 atom stereocenters. The summed E-state index contributed by atoms with van der Waals surface area (Å²) in [5, 5.41) is 10.6. The minimum atomic E-state index is -5.15. The molecule has 3 rings (SSSR count). The van der Waals surface area contributed by atoms with Crippen LogP contribution in [0.15, 0.2) is 42.7 Å². The molecule has 2 N–H and O–H groups in total. The Morgan fingerprint density at radius 2 is 1.92 bits per heavy atom. The number of hydrogen-bond donors (Lipinski definition) is 1. The van der Waals surface area contributed by atoms with Crippen LogP contribution in [0.1, 0.15) is 15.9 Å². The number of halogens is 3. The number of pyridine rings is 1. The van der Waals surface area contributed by atoms with Gasteiger partial charge in [0, 0.05) is 12.7 Å². The first-order valence-corrected chi connectivity index (χ1v) is 7.27. The van der Waals surface area contributed by atoms with Gasteiger partial charge in [-0.15, -0.1) is 0 Å². The molecule has 0 aliphatic rings. The van der Waals surface area contributed by atoms with Crippen molar-refractivity contribution in [1.82, 2.24) is 9.55 Å². The van der Waals surface area contributed by atoms with Gasteiger partial charge in [0.2, 0.25) is 0 Å². The summed E-state index contributed by atoms with van der Waals surface area (Å²) in [5.41, 5.74) is 4.45. The molecule has 3 aromatic rings. The van der Waals surface area contributed by atoms with E-state index in [4.69, 9.17) is 5.73 Å². The van der Waals surface area contributed by atoms with Crippen LogP contribution in [0.25, 0.3) is 11.0 Å². The first-order chi connectivity index (χ1) is 12.2. The molecule has 0 aliphatic heterocycles. The zero-order valence-corrected chi connectivity index (χ0v) is 13.0. The van der Waals surface area contributed by atoms with Crippen molar-refractivity contribution in [3.05, 3.63) is 64.0 Å². The van der Waals surface area contributed by atoms with Crippen molar-refractivity contribution in [3.8, 4) is 0 Å².